The van der Waals surface area contributed by atoms with Gasteiger partial charge in [-0.2, -0.15) is 5.10 Å². The van der Waals surface area contributed by atoms with Gasteiger partial charge in [0.1, 0.15) is 5.82 Å². The number of nitrogens with zero attached hydrogens (tertiary/aromatic N) is 2. The van der Waals surface area contributed by atoms with E-state index in [1.54, 1.807) is 19.3 Å². The maximum atomic E-state index is 14.0. The number of guanidine groups is 1. The lowest BCUT2D eigenvalue weighted by Crippen LogP contribution is -2.41. The van der Waals surface area contributed by atoms with Crippen LogP contribution in [0.4, 0.5) is 4.39 Å². The van der Waals surface area contributed by atoms with Gasteiger partial charge in [0.15, 0.2) is 5.96 Å². The Morgan fingerprint density at radius 1 is 1.30 bits per heavy atom. The van der Waals surface area contributed by atoms with Crippen LogP contribution in [-0.4, -0.2) is 29.7 Å². The lowest BCUT2D eigenvalue weighted by molar-refractivity contribution is 0.559. The number of rotatable bonds is 5. The Balaban J connectivity index is 0.00000192. The molecular weight excluding hydrogens is 408 g/mol. The van der Waals surface area contributed by atoms with E-state index in [1.165, 1.54) is 6.07 Å². The highest BCUT2D eigenvalue weighted by molar-refractivity contribution is 14.0. The number of benzene rings is 1. The molecule has 0 radical (unpaired) electrons. The van der Waals surface area contributed by atoms with Crippen LogP contribution in [-0.2, 0) is 12.0 Å². The van der Waals surface area contributed by atoms with Crippen molar-refractivity contribution in [2.45, 2.75) is 24.8 Å². The first-order valence-electron chi connectivity index (χ1n) is 7.41. The molecule has 3 N–H and O–H groups in total. The fourth-order valence-electron chi connectivity index (χ4n) is 2.62. The first kappa shape index (κ1) is 17.7. The molecule has 1 saturated carbocycles. The molecule has 5 nitrogen and oxygen atoms in total. The fourth-order valence-corrected chi connectivity index (χ4v) is 2.62. The first-order chi connectivity index (χ1) is 10.7. The van der Waals surface area contributed by atoms with Crippen LogP contribution < -0.4 is 10.6 Å². The van der Waals surface area contributed by atoms with Gasteiger partial charge in [0.2, 0.25) is 0 Å². The molecule has 3 rings (SSSR count). The average Bonchev–Trinajstić information content (AvgIpc) is 3.13. The van der Waals surface area contributed by atoms with Crippen LogP contribution in [0, 0.1) is 5.82 Å². The van der Waals surface area contributed by atoms with Crippen LogP contribution in [0.15, 0.2) is 41.5 Å². The number of hydrogen-bond donors (Lipinski definition) is 3. The van der Waals surface area contributed by atoms with E-state index in [9.17, 15) is 4.39 Å². The lowest BCUT2D eigenvalue weighted by atomic mass is 9.95. The summed E-state index contributed by atoms with van der Waals surface area (Å²) < 4.78 is 14.0. The van der Waals surface area contributed by atoms with Crippen LogP contribution in [0.1, 0.15) is 24.1 Å². The molecule has 1 fully saturated rings. The molecule has 0 aliphatic heterocycles. The highest BCUT2D eigenvalue weighted by Gasteiger charge is 2.45. The van der Waals surface area contributed by atoms with Crippen molar-refractivity contribution in [2.75, 3.05) is 13.6 Å². The van der Waals surface area contributed by atoms with E-state index in [4.69, 9.17) is 0 Å². The second kappa shape index (κ2) is 7.76. The molecule has 0 saturated heterocycles. The predicted octanol–water partition coefficient (Wildman–Crippen LogP) is 2.56. The van der Waals surface area contributed by atoms with Gasteiger partial charge in [0.25, 0.3) is 0 Å². The Hall–Kier alpha value is -1.64. The van der Waals surface area contributed by atoms with Gasteiger partial charge in [0.05, 0.1) is 12.2 Å². The van der Waals surface area contributed by atoms with Crippen molar-refractivity contribution in [1.29, 1.82) is 0 Å². The van der Waals surface area contributed by atoms with Gasteiger partial charge in [0, 0.05) is 25.2 Å². The zero-order chi connectivity index (χ0) is 15.4. The third kappa shape index (κ3) is 4.21. The van der Waals surface area contributed by atoms with E-state index >= 15 is 0 Å². The molecule has 0 atom stereocenters. The van der Waals surface area contributed by atoms with Gasteiger partial charge < -0.3 is 10.6 Å². The number of aromatic nitrogens is 2. The minimum atomic E-state index is -0.123. The minimum Gasteiger partial charge on any atom is -0.356 e. The molecule has 23 heavy (non-hydrogen) atoms. The van der Waals surface area contributed by atoms with E-state index in [-0.39, 0.29) is 35.2 Å². The number of halogens is 2. The summed E-state index contributed by atoms with van der Waals surface area (Å²) in [6, 6.07) is 8.94. The third-order valence-electron chi connectivity index (χ3n) is 4.12. The van der Waals surface area contributed by atoms with Crippen LogP contribution in [0.2, 0.25) is 0 Å². The molecular formula is C16H21FIN5. The van der Waals surface area contributed by atoms with Crippen molar-refractivity contribution in [3.63, 3.8) is 0 Å². The summed E-state index contributed by atoms with van der Waals surface area (Å²) >= 11 is 0. The van der Waals surface area contributed by atoms with Crippen molar-refractivity contribution >= 4 is 29.9 Å². The lowest BCUT2D eigenvalue weighted by Gasteiger charge is -2.19. The summed E-state index contributed by atoms with van der Waals surface area (Å²) in [6.07, 6.45) is 3.71. The van der Waals surface area contributed by atoms with E-state index in [0.29, 0.717) is 19.0 Å². The molecule has 1 heterocycles. The molecule has 1 aromatic carbocycles. The summed E-state index contributed by atoms with van der Waals surface area (Å²) in [5.41, 5.74) is 1.68. The zero-order valence-electron chi connectivity index (χ0n) is 13.0. The average molecular weight is 429 g/mol. The maximum Gasteiger partial charge on any atom is 0.191 e. The van der Waals surface area contributed by atoms with Crippen molar-refractivity contribution in [3.05, 3.63) is 53.6 Å². The summed E-state index contributed by atoms with van der Waals surface area (Å²) in [6.45, 7) is 1.29. The Bertz CT molecular complexity index is 652. The van der Waals surface area contributed by atoms with Crippen LogP contribution in [0.25, 0.3) is 0 Å². The number of aliphatic imine (C=N–C) groups is 1. The zero-order valence-corrected chi connectivity index (χ0v) is 15.3. The standard InChI is InChI=1S/C16H20FN5.HI/c1-18-15(19-10-12-6-9-21-22-12)20-11-16(7-8-16)13-4-2-3-5-14(13)17;/h2-6,9H,7-8,10-11H2,1H3,(H,21,22)(H2,18,19,20);1H. The number of nitrogens with one attached hydrogen (secondary N) is 3. The third-order valence-corrected chi connectivity index (χ3v) is 4.12. The second-order valence-electron chi connectivity index (χ2n) is 5.62. The molecule has 0 spiro atoms. The highest BCUT2D eigenvalue weighted by atomic mass is 127. The van der Waals surface area contributed by atoms with Crippen molar-refractivity contribution in [2.24, 2.45) is 4.99 Å². The second-order valence-corrected chi connectivity index (χ2v) is 5.62. The smallest absolute Gasteiger partial charge is 0.191 e. The molecule has 1 aliphatic rings. The fraction of sp³-hybridized carbons (Fsp3) is 0.375. The molecule has 0 unspecified atom stereocenters. The molecule has 124 valence electrons. The maximum absolute atomic E-state index is 14.0. The Labute approximate surface area is 152 Å². The molecule has 1 aliphatic carbocycles. The number of hydrogen-bond acceptors (Lipinski definition) is 2. The Morgan fingerprint density at radius 3 is 2.70 bits per heavy atom. The molecule has 7 heteroatoms. The monoisotopic (exact) mass is 429 g/mol. The van der Waals surface area contributed by atoms with E-state index in [0.717, 1.165) is 24.1 Å². The number of H-pyrrole nitrogens is 1. The Morgan fingerprint density at radius 2 is 2.09 bits per heavy atom. The van der Waals surface area contributed by atoms with Crippen molar-refractivity contribution in [1.82, 2.24) is 20.8 Å². The summed E-state index contributed by atoms with van der Waals surface area (Å²) in [7, 11) is 1.73. The topological polar surface area (TPSA) is 65.1 Å². The van der Waals surface area contributed by atoms with Gasteiger partial charge in [-0.15, -0.1) is 24.0 Å². The summed E-state index contributed by atoms with van der Waals surface area (Å²) in [5, 5.41) is 13.3. The molecule has 1 aromatic heterocycles. The quantitative estimate of drug-likeness (QED) is 0.389. The normalized spacial score (nSPS) is 15.7. The largest absolute Gasteiger partial charge is 0.356 e. The van der Waals surface area contributed by atoms with Gasteiger partial charge in [-0.1, -0.05) is 18.2 Å². The summed E-state index contributed by atoms with van der Waals surface area (Å²) in [4.78, 5) is 4.20. The van der Waals surface area contributed by atoms with Crippen LogP contribution >= 0.6 is 24.0 Å². The van der Waals surface area contributed by atoms with Gasteiger partial charge in [-0.25, -0.2) is 4.39 Å². The molecule has 2 aromatic rings. The first-order valence-corrected chi connectivity index (χ1v) is 7.41. The number of aromatic amines is 1. The van der Waals surface area contributed by atoms with E-state index in [1.807, 2.05) is 18.2 Å². The molecule has 0 amide bonds. The van der Waals surface area contributed by atoms with Crippen molar-refractivity contribution < 1.29 is 4.39 Å². The van der Waals surface area contributed by atoms with Crippen LogP contribution in [0.5, 0.6) is 0 Å². The minimum absolute atomic E-state index is 0. The summed E-state index contributed by atoms with van der Waals surface area (Å²) in [5.74, 6) is 0.583. The van der Waals surface area contributed by atoms with E-state index in [2.05, 4.69) is 25.8 Å². The van der Waals surface area contributed by atoms with Crippen molar-refractivity contribution in [3.8, 4) is 0 Å². The van der Waals surface area contributed by atoms with Gasteiger partial charge >= 0.3 is 0 Å². The van der Waals surface area contributed by atoms with Gasteiger partial charge in [-0.05, 0) is 30.5 Å². The molecule has 0 bridgehead atoms. The van der Waals surface area contributed by atoms with Crippen LogP contribution in [0.3, 0.4) is 0 Å². The highest BCUT2D eigenvalue weighted by Crippen LogP contribution is 2.48. The Kier molecular flexibility index (Phi) is 5.97. The van der Waals surface area contributed by atoms with E-state index < -0.39 is 0 Å². The predicted molar refractivity (Wildman–Crippen MR) is 99.5 cm³/mol. The SMILES string of the molecule is CN=C(NCc1ccn[nH]1)NCC1(c2ccccc2F)CC1.I. The van der Waals surface area contributed by atoms with Gasteiger partial charge in [-0.3, -0.25) is 10.1 Å².